The Morgan fingerprint density at radius 1 is 1.53 bits per heavy atom. The third-order valence-corrected chi connectivity index (χ3v) is 3.60. The summed E-state index contributed by atoms with van der Waals surface area (Å²) in [5.41, 5.74) is 0. The van der Waals surface area contributed by atoms with Gasteiger partial charge in [0, 0.05) is 12.6 Å². The van der Waals surface area contributed by atoms with E-state index < -0.39 is 0 Å². The molecule has 0 amide bonds. The maximum Gasteiger partial charge on any atom is 0.324 e. The fourth-order valence-corrected chi connectivity index (χ4v) is 2.08. The van der Waals surface area contributed by atoms with Gasteiger partial charge in [-0.2, -0.15) is 0 Å². The molecule has 4 heteroatoms. The van der Waals surface area contributed by atoms with Crippen LogP contribution in [0.25, 0.3) is 0 Å². The standard InChI is InChI=1S/C13H26N2O2/c1-5-8-14-12(13(16)17-4)9-15(3)10(2)11-6-7-11/h10-12,14H,5-9H2,1-4H3. The lowest BCUT2D eigenvalue weighted by Gasteiger charge is -2.28. The minimum Gasteiger partial charge on any atom is -0.468 e. The number of esters is 1. The highest BCUT2D eigenvalue weighted by Crippen LogP contribution is 2.34. The van der Waals surface area contributed by atoms with Crippen LogP contribution < -0.4 is 5.32 Å². The number of carbonyl (C=O) groups excluding carboxylic acids is 1. The van der Waals surface area contributed by atoms with Crippen LogP contribution in [0, 0.1) is 5.92 Å². The Hall–Kier alpha value is -0.610. The molecule has 2 unspecified atom stereocenters. The summed E-state index contributed by atoms with van der Waals surface area (Å²) in [7, 11) is 3.54. The Bertz CT molecular complexity index is 242. The molecule has 0 aromatic rings. The van der Waals surface area contributed by atoms with E-state index in [2.05, 4.69) is 31.1 Å². The number of likely N-dealkylation sites (N-methyl/N-ethyl adjacent to an activating group) is 1. The highest BCUT2D eigenvalue weighted by molar-refractivity contribution is 5.75. The second-order valence-corrected chi connectivity index (χ2v) is 5.05. The lowest BCUT2D eigenvalue weighted by atomic mass is 10.1. The summed E-state index contributed by atoms with van der Waals surface area (Å²) < 4.78 is 4.84. The van der Waals surface area contributed by atoms with Crippen LogP contribution in [-0.4, -0.2) is 50.2 Å². The Kier molecular flexibility index (Phi) is 5.92. The van der Waals surface area contributed by atoms with E-state index in [0.29, 0.717) is 6.04 Å². The number of rotatable bonds is 8. The SMILES string of the molecule is CCCNC(CN(C)C(C)C1CC1)C(=O)OC. The summed E-state index contributed by atoms with van der Waals surface area (Å²) in [6.07, 6.45) is 3.68. The van der Waals surface area contributed by atoms with Crippen molar-refractivity contribution >= 4 is 5.97 Å². The predicted octanol–water partition coefficient (Wildman–Crippen LogP) is 1.26. The van der Waals surface area contributed by atoms with E-state index in [1.165, 1.54) is 20.0 Å². The van der Waals surface area contributed by atoms with E-state index in [1.54, 1.807) is 0 Å². The zero-order valence-electron chi connectivity index (χ0n) is 11.5. The highest BCUT2D eigenvalue weighted by atomic mass is 16.5. The van der Waals surface area contributed by atoms with E-state index in [9.17, 15) is 4.79 Å². The van der Waals surface area contributed by atoms with Crippen molar-refractivity contribution in [2.24, 2.45) is 5.92 Å². The van der Waals surface area contributed by atoms with Crippen LogP contribution in [0.3, 0.4) is 0 Å². The van der Waals surface area contributed by atoms with Gasteiger partial charge in [-0.25, -0.2) is 0 Å². The van der Waals surface area contributed by atoms with Gasteiger partial charge >= 0.3 is 5.97 Å². The van der Waals surface area contributed by atoms with E-state index in [1.807, 2.05) is 0 Å². The Balaban J connectivity index is 2.42. The molecule has 0 aliphatic heterocycles. The van der Waals surface area contributed by atoms with Crippen molar-refractivity contribution in [2.75, 3.05) is 27.2 Å². The van der Waals surface area contributed by atoms with E-state index in [-0.39, 0.29) is 12.0 Å². The van der Waals surface area contributed by atoms with Gasteiger partial charge in [-0.05, 0) is 45.7 Å². The lowest BCUT2D eigenvalue weighted by Crippen LogP contribution is -2.48. The van der Waals surface area contributed by atoms with Crippen LogP contribution in [0.1, 0.15) is 33.1 Å². The molecule has 0 bridgehead atoms. The Morgan fingerprint density at radius 3 is 2.65 bits per heavy atom. The molecule has 0 aromatic carbocycles. The first kappa shape index (κ1) is 14.5. The fraction of sp³-hybridized carbons (Fsp3) is 0.923. The largest absolute Gasteiger partial charge is 0.468 e. The highest BCUT2D eigenvalue weighted by Gasteiger charge is 2.32. The minimum absolute atomic E-state index is 0.159. The monoisotopic (exact) mass is 242 g/mol. The molecular weight excluding hydrogens is 216 g/mol. The van der Waals surface area contributed by atoms with Crippen LogP contribution in [-0.2, 0) is 9.53 Å². The summed E-state index contributed by atoms with van der Waals surface area (Å²) in [6.45, 7) is 5.92. The quantitative estimate of drug-likeness (QED) is 0.651. The molecule has 1 saturated carbocycles. The van der Waals surface area contributed by atoms with Crippen molar-refractivity contribution in [1.29, 1.82) is 0 Å². The molecule has 2 atom stereocenters. The van der Waals surface area contributed by atoms with E-state index in [4.69, 9.17) is 4.74 Å². The lowest BCUT2D eigenvalue weighted by molar-refractivity contribution is -0.143. The molecule has 1 N–H and O–H groups in total. The minimum atomic E-state index is -0.203. The fourth-order valence-electron chi connectivity index (χ4n) is 2.08. The van der Waals surface area contributed by atoms with E-state index in [0.717, 1.165) is 25.4 Å². The number of hydrogen-bond donors (Lipinski definition) is 1. The van der Waals surface area contributed by atoms with Gasteiger partial charge in [-0.1, -0.05) is 6.92 Å². The molecule has 0 aromatic heterocycles. The second-order valence-electron chi connectivity index (χ2n) is 5.05. The van der Waals surface area contributed by atoms with Gasteiger partial charge in [-0.15, -0.1) is 0 Å². The van der Waals surface area contributed by atoms with Gasteiger partial charge < -0.3 is 15.0 Å². The zero-order chi connectivity index (χ0) is 12.8. The van der Waals surface area contributed by atoms with Gasteiger partial charge in [-0.3, -0.25) is 4.79 Å². The number of ether oxygens (including phenoxy) is 1. The third kappa shape index (κ3) is 4.64. The van der Waals surface area contributed by atoms with Gasteiger partial charge in [0.15, 0.2) is 0 Å². The molecule has 0 heterocycles. The second kappa shape index (κ2) is 6.97. The molecule has 1 rings (SSSR count). The van der Waals surface area contributed by atoms with Crippen molar-refractivity contribution in [1.82, 2.24) is 10.2 Å². The number of nitrogens with one attached hydrogen (secondary N) is 1. The van der Waals surface area contributed by atoms with Crippen LogP contribution in [0.15, 0.2) is 0 Å². The van der Waals surface area contributed by atoms with Crippen LogP contribution >= 0.6 is 0 Å². The average molecular weight is 242 g/mol. The number of hydrogen-bond acceptors (Lipinski definition) is 4. The topological polar surface area (TPSA) is 41.6 Å². The molecule has 100 valence electrons. The first-order valence-corrected chi connectivity index (χ1v) is 6.61. The van der Waals surface area contributed by atoms with Crippen LogP contribution in [0.2, 0.25) is 0 Å². The maximum atomic E-state index is 11.7. The maximum absolute atomic E-state index is 11.7. The van der Waals surface area contributed by atoms with Crippen molar-refractivity contribution in [2.45, 2.75) is 45.2 Å². The molecule has 17 heavy (non-hydrogen) atoms. The van der Waals surface area contributed by atoms with Crippen molar-refractivity contribution < 1.29 is 9.53 Å². The summed E-state index contributed by atoms with van der Waals surface area (Å²) in [5.74, 6) is 0.665. The third-order valence-electron chi connectivity index (χ3n) is 3.60. The molecule has 1 aliphatic carbocycles. The first-order chi connectivity index (χ1) is 8.10. The summed E-state index contributed by atoms with van der Waals surface area (Å²) >= 11 is 0. The molecule has 1 aliphatic rings. The summed E-state index contributed by atoms with van der Waals surface area (Å²) in [4.78, 5) is 13.9. The summed E-state index contributed by atoms with van der Waals surface area (Å²) in [6, 6.07) is 0.358. The van der Waals surface area contributed by atoms with E-state index >= 15 is 0 Å². The summed E-state index contributed by atoms with van der Waals surface area (Å²) in [5, 5.41) is 3.25. The molecule has 0 radical (unpaired) electrons. The van der Waals surface area contributed by atoms with Crippen molar-refractivity contribution in [3.05, 3.63) is 0 Å². The normalized spacial score (nSPS) is 19.1. The van der Waals surface area contributed by atoms with Gasteiger partial charge in [0.25, 0.3) is 0 Å². The van der Waals surface area contributed by atoms with Gasteiger partial charge in [0.05, 0.1) is 7.11 Å². The first-order valence-electron chi connectivity index (χ1n) is 6.61. The van der Waals surface area contributed by atoms with Crippen molar-refractivity contribution in [3.63, 3.8) is 0 Å². The van der Waals surface area contributed by atoms with Gasteiger partial charge in [0.2, 0.25) is 0 Å². The zero-order valence-corrected chi connectivity index (χ0v) is 11.5. The van der Waals surface area contributed by atoms with Gasteiger partial charge in [0.1, 0.15) is 6.04 Å². The Labute approximate surface area is 105 Å². The Morgan fingerprint density at radius 2 is 2.18 bits per heavy atom. The number of carbonyl (C=O) groups is 1. The number of nitrogens with zero attached hydrogens (tertiary/aromatic N) is 1. The average Bonchev–Trinajstić information content (AvgIpc) is 3.16. The smallest absolute Gasteiger partial charge is 0.324 e. The molecule has 1 fully saturated rings. The molecule has 0 spiro atoms. The molecular formula is C13H26N2O2. The van der Waals surface area contributed by atoms with Crippen molar-refractivity contribution in [3.8, 4) is 0 Å². The van der Waals surface area contributed by atoms with Crippen LogP contribution in [0.4, 0.5) is 0 Å². The molecule has 4 nitrogen and oxygen atoms in total. The van der Waals surface area contributed by atoms with Crippen LogP contribution in [0.5, 0.6) is 0 Å². The number of methoxy groups -OCH3 is 1. The molecule has 0 saturated heterocycles. The predicted molar refractivity (Wildman–Crippen MR) is 68.9 cm³/mol.